The van der Waals surface area contributed by atoms with Crippen LogP contribution in [0.2, 0.25) is 0 Å². The number of nitrogens with zero attached hydrogens (tertiary/aromatic N) is 3. The highest BCUT2D eigenvalue weighted by molar-refractivity contribution is 7.99. The summed E-state index contributed by atoms with van der Waals surface area (Å²) in [6, 6.07) is 7.27. The van der Waals surface area contributed by atoms with Gasteiger partial charge in [0.05, 0.1) is 5.75 Å². The van der Waals surface area contributed by atoms with Crippen LogP contribution in [0, 0.1) is 0 Å². The molecule has 0 atom stereocenters. The number of amides is 3. The Balaban J connectivity index is 1.29. The summed E-state index contributed by atoms with van der Waals surface area (Å²) in [5, 5.41) is 0.472. The second-order valence-electron chi connectivity index (χ2n) is 6.17. The van der Waals surface area contributed by atoms with Gasteiger partial charge in [-0.25, -0.2) is 14.7 Å². The lowest BCUT2D eigenvalue weighted by Crippen LogP contribution is -2.48. The third-order valence-corrected chi connectivity index (χ3v) is 5.37. The zero-order chi connectivity index (χ0) is 18.1. The van der Waals surface area contributed by atoms with Gasteiger partial charge in [-0.3, -0.25) is 9.59 Å². The van der Waals surface area contributed by atoms with E-state index in [-0.39, 0.29) is 30.2 Å². The molecule has 4 rings (SSSR count). The van der Waals surface area contributed by atoms with E-state index >= 15 is 0 Å². The number of hydrogen-bond acceptors (Lipinski definition) is 7. The van der Waals surface area contributed by atoms with Gasteiger partial charge in [0.25, 0.3) is 11.1 Å². The number of imide groups is 1. The number of oxazole rings is 1. The van der Waals surface area contributed by atoms with E-state index in [9.17, 15) is 14.4 Å². The van der Waals surface area contributed by atoms with Crippen molar-refractivity contribution < 1.29 is 23.5 Å². The molecule has 1 aromatic carbocycles. The van der Waals surface area contributed by atoms with E-state index in [1.807, 2.05) is 24.3 Å². The average Bonchev–Trinajstić information content (AvgIpc) is 3.22. The lowest BCUT2D eigenvalue weighted by Gasteiger charge is -2.34. The van der Waals surface area contributed by atoms with Crippen molar-refractivity contribution in [3.8, 4) is 0 Å². The second kappa shape index (κ2) is 6.99. The Kier molecular flexibility index (Phi) is 4.54. The van der Waals surface area contributed by atoms with Gasteiger partial charge in [-0.2, -0.15) is 0 Å². The quantitative estimate of drug-likeness (QED) is 0.753. The Morgan fingerprint density at radius 3 is 2.69 bits per heavy atom. The molecule has 2 aliphatic rings. The van der Waals surface area contributed by atoms with Crippen molar-refractivity contribution in [2.24, 2.45) is 0 Å². The number of carbonyl (C=O) groups is 3. The molecule has 0 aliphatic carbocycles. The molecule has 26 heavy (non-hydrogen) atoms. The Labute approximate surface area is 153 Å². The van der Waals surface area contributed by atoms with E-state index < -0.39 is 6.09 Å². The van der Waals surface area contributed by atoms with Crippen LogP contribution in [0.4, 0.5) is 4.79 Å². The number of ether oxygens (including phenoxy) is 1. The number of hydrogen-bond donors (Lipinski definition) is 0. The van der Waals surface area contributed by atoms with E-state index in [0.29, 0.717) is 36.7 Å². The smallest absolute Gasteiger partial charge is 0.417 e. The molecule has 3 heterocycles. The molecule has 8 nitrogen and oxygen atoms in total. The van der Waals surface area contributed by atoms with Gasteiger partial charge < -0.3 is 14.1 Å². The van der Waals surface area contributed by atoms with E-state index in [0.717, 1.165) is 5.52 Å². The molecule has 2 aliphatic heterocycles. The number of benzene rings is 1. The van der Waals surface area contributed by atoms with Gasteiger partial charge >= 0.3 is 6.09 Å². The van der Waals surface area contributed by atoms with Gasteiger partial charge in [0.1, 0.15) is 5.52 Å². The number of fused-ring (bicyclic) bond motifs is 1. The van der Waals surface area contributed by atoms with Crippen molar-refractivity contribution in [2.75, 3.05) is 25.4 Å². The van der Waals surface area contributed by atoms with Crippen molar-refractivity contribution >= 4 is 40.8 Å². The first-order valence-corrected chi connectivity index (χ1v) is 9.35. The first-order valence-electron chi connectivity index (χ1n) is 8.37. The molecule has 136 valence electrons. The third-order valence-electron chi connectivity index (χ3n) is 4.56. The van der Waals surface area contributed by atoms with Crippen LogP contribution in [0.25, 0.3) is 11.1 Å². The van der Waals surface area contributed by atoms with Gasteiger partial charge in [-0.1, -0.05) is 23.9 Å². The zero-order valence-corrected chi connectivity index (χ0v) is 14.7. The summed E-state index contributed by atoms with van der Waals surface area (Å²) in [6.07, 6.45) is 0.562. The minimum atomic E-state index is -0.578. The molecule has 3 amide bonds. The lowest BCUT2D eigenvalue weighted by atomic mass is 10.0. The van der Waals surface area contributed by atoms with Gasteiger partial charge in [-0.15, -0.1) is 0 Å². The molecular formula is C17H17N3O5S. The molecule has 9 heteroatoms. The number of thioether (sulfide) groups is 1. The SMILES string of the molecule is O=C(CSc1nc2ccccc2o1)N1CCC(N2C(=O)COC2=O)CC1. The molecule has 2 fully saturated rings. The number of rotatable bonds is 4. The van der Waals surface area contributed by atoms with Gasteiger partial charge in [0, 0.05) is 19.1 Å². The summed E-state index contributed by atoms with van der Waals surface area (Å²) in [6.45, 7) is 0.836. The normalized spacial score (nSPS) is 18.6. The summed E-state index contributed by atoms with van der Waals surface area (Å²) in [5.41, 5.74) is 1.47. The van der Waals surface area contributed by atoms with Gasteiger partial charge in [-0.05, 0) is 25.0 Å². The van der Waals surface area contributed by atoms with E-state index in [4.69, 9.17) is 9.15 Å². The predicted molar refractivity (Wildman–Crippen MR) is 92.5 cm³/mol. The number of cyclic esters (lactones) is 1. The number of piperidine rings is 1. The Bertz CT molecular complexity index is 810. The molecule has 2 saturated heterocycles. The molecule has 0 unspecified atom stereocenters. The second-order valence-corrected chi connectivity index (χ2v) is 7.09. The molecule has 0 bridgehead atoms. The maximum Gasteiger partial charge on any atom is 0.417 e. The van der Waals surface area contributed by atoms with E-state index in [1.165, 1.54) is 16.7 Å². The molecule has 0 radical (unpaired) electrons. The van der Waals surface area contributed by atoms with Gasteiger partial charge in [0.2, 0.25) is 5.91 Å². The third kappa shape index (κ3) is 3.26. The van der Waals surface area contributed by atoms with E-state index in [2.05, 4.69) is 4.98 Å². The van der Waals surface area contributed by atoms with E-state index in [1.54, 1.807) is 4.90 Å². The fraction of sp³-hybridized carbons (Fsp3) is 0.412. The predicted octanol–water partition coefficient (Wildman–Crippen LogP) is 1.89. The first kappa shape index (κ1) is 16.9. The van der Waals surface area contributed by atoms with Gasteiger partial charge in [0.15, 0.2) is 12.2 Å². The Hall–Kier alpha value is -2.55. The molecule has 0 saturated carbocycles. The fourth-order valence-electron chi connectivity index (χ4n) is 3.22. The van der Waals surface area contributed by atoms with Crippen molar-refractivity contribution in [1.29, 1.82) is 0 Å². The van der Waals surface area contributed by atoms with Crippen LogP contribution in [0.1, 0.15) is 12.8 Å². The van der Waals surface area contributed by atoms with Crippen molar-refractivity contribution in [1.82, 2.24) is 14.8 Å². The number of likely N-dealkylation sites (tertiary alicyclic amines) is 1. The van der Waals surface area contributed by atoms with Crippen LogP contribution in [0.5, 0.6) is 0 Å². The topological polar surface area (TPSA) is 93.0 Å². The van der Waals surface area contributed by atoms with Crippen molar-refractivity contribution in [3.63, 3.8) is 0 Å². The van der Waals surface area contributed by atoms with Crippen molar-refractivity contribution in [3.05, 3.63) is 24.3 Å². The van der Waals surface area contributed by atoms with Crippen LogP contribution >= 0.6 is 11.8 Å². The monoisotopic (exact) mass is 375 g/mol. The van der Waals surface area contributed by atoms with Crippen LogP contribution in [0.15, 0.2) is 33.9 Å². The Morgan fingerprint density at radius 2 is 2.00 bits per heavy atom. The zero-order valence-electron chi connectivity index (χ0n) is 13.9. The van der Waals surface area contributed by atoms with Crippen LogP contribution in [-0.4, -0.2) is 64.2 Å². The summed E-state index contributed by atoms with van der Waals surface area (Å²) in [7, 11) is 0. The summed E-state index contributed by atoms with van der Waals surface area (Å²) in [5.74, 6) is -0.0698. The van der Waals surface area contributed by atoms with Crippen LogP contribution in [0.3, 0.4) is 0 Å². The number of aromatic nitrogens is 1. The van der Waals surface area contributed by atoms with Crippen LogP contribution in [-0.2, 0) is 14.3 Å². The Morgan fingerprint density at radius 1 is 1.23 bits per heavy atom. The van der Waals surface area contributed by atoms with Crippen LogP contribution < -0.4 is 0 Å². The summed E-state index contributed by atoms with van der Waals surface area (Å²) >= 11 is 1.27. The first-order chi connectivity index (χ1) is 12.6. The highest BCUT2D eigenvalue weighted by atomic mass is 32.2. The maximum absolute atomic E-state index is 12.4. The maximum atomic E-state index is 12.4. The standard InChI is InChI=1S/C17H17N3O5S/c21-14-9-24-17(23)20(14)11-5-7-19(8-6-11)15(22)10-26-16-18-12-3-1-2-4-13(12)25-16/h1-4,11H,5-10H2. The minimum absolute atomic E-state index is 0.00830. The fourth-order valence-corrected chi connectivity index (χ4v) is 3.96. The number of carbonyl (C=O) groups excluding carboxylic acids is 3. The summed E-state index contributed by atoms with van der Waals surface area (Å²) < 4.78 is 10.4. The molecule has 0 N–H and O–H groups in total. The molecule has 1 aromatic heterocycles. The summed E-state index contributed by atoms with van der Waals surface area (Å²) in [4.78, 5) is 43.0. The number of para-hydroxylation sites is 2. The minimum Gasteiger partial charge on any atom is -0.439 e. The highest BCUT2D eigenvalue weighted by Crippen LogP contribution is 2.25. The molecule has 2 aromatic rings. The highest BCUT2D eigenvalue weighted by Gasteiger charge is 2.38. The largest absolute Gasteiger partial charge is 0.439 e. The molecular weight excluding hydrogens is 358 g/mol. The molecule has 0 spiro atoms. The lowest BCUT2D eigenvalue weighted by molar-refractivity contribution is -0.131. The van der Waals surface area contributed by atoms with Crippen molar-refractivity contribution in [2.45, 2.75) is 24.1 Å². The average molecular weight is 375 g/mol.